The van der Waals surface area contributed by atoms with E-state index in [1.54, 1.807) is 0 Å². The molecule has 2 nitrogen and oxygen atoms in total. The summed E-state index contributed by atoms with van der Waals surface area (Å²) in [5.41, 5.74) is 2.05. The number of hydrogen-bond donors (Lipinski definition) is 1. The normalized spacial score (nSPS) is 11.2. The van der Waals surface area contributed by atoms with Crippen LogP contribution >= 0.6 is 0 Å². The van der Waals surface area contributed by atoms with Gasteiger partial charge in [0.1, 0.15) is 0 Å². The molecule has 0 unspecified atom stereocenters. The van der Waals surface area contributed by atoms with E-state index in [0.717, 1.165) is 22.0 Å². The van der Waals surface area contributed by atoms with Crippen LogP contribution in [0.2, 0.25) is 0 Å². The van der Waals surface area contributed by atoms with Gasteiger partial charge in [0.05, 0.1) is 5.39 Å². The molecule has 0 fully saturated rings. The molecule has 78 valence electrons. The molecule has 0 saturated heterocycles. The van der Waals surface area contributed by atoms with Crippen LogP contribution in [0.15, 0.2) is 29.1 Å². The Morgan fingerprint density at radius 3 is 2.67 bits per heavy atom. The van der Waals surface area contributed by atoms with E-state index in [9.17, 15) is 4.79 Å². The molecule has 0 aliphatic heterocycles. The lowest BCUT2D eigenvalue weighted by molar-refractivity contribution is 0.874. The van der Waals surface area contributed by atoms with Gasteiger partial charge >= 0.3 is 0 Å². The van der Waals surface area contributed by atoms with Gasteiger partial charge in [-0.2, -0.15) is 0 Å². The summed E-state index contributed by atoms with van der Waals surface area (Å²) in [7, 11) is 0. The third-order valence-electron chi connectivity index (χ3n) is 2.66. The van der Waals surface area contributed by atoms with E-state index in [-0.39, 0.29) is 5.56 Å². The fraction of sp³-hybridized carbons (Fsp3) is 0.308. The molecule has 0 amide bonds. The maximum Gasteiger partial charge on any atom is 0.256 e. The summed E-state index contributed by atoms with van der Waals surface area (Å²) in [4.78, 5) is 14.7. The Balaban J connectivity index is 2.92. The van der Waals surface area contributed by atoms with Crippen molar-refractivity contribution in [2.75, 3.05) is 0 Å². The highest BCUT2D eigenvalue weighted by Gasteiger charge is 2.08. The van der Waals surface area contributed by atoms with Crippen LogP contribution in [-0.4, -0.2) is 4.98 Å². The molecule has 1 N–H and O–H groups in total. The third kappa shape index (κ3) is 1.67. The summed E-state index contributed by atoms with van der Waals surface area (Å²) >= 11 is 0. The first kappa shape index (κ1) is 9.97. The summed E-state index contributed by atoms with van der Waals surface area (Å²) in [6.45, 7) is 6.12. The van der Waals surface area contributed by atoms with Crippen LogP contribution in [0.25, 0.3) is 10.8 Å². The largest absolute Gasteiger partial charge is 0.326 e. The minimum atomic E-state index is 0.0225. The topological polar surface area (TPSA) is 32.9 Å². The molecule has 0 spiro atoms. The molecule has 1 heterocycles. The Kier molecular flexibility index (Phi) is 2.35. The zero-order valence-electron chi connectivity index (χ0n) is 9.29. The van der Waals surface area contributed by atoms with Crippen molar-refractivity contribution in [3.05, 3.63) is 45.9 Å². The minimum absolute atomic E-state index is 0.0225. The van der Waals surface area contributed by atoms with E-state index in [2.05, 4.69) is 18.8 Å². The predicted molar refractivity (Wildman–Crippen MR) is 63.4 cm³/mol. The zero-order chi connectivity index (χ0) is 11.0. The average molecular weight is 201 g/mol. The van der Waals surface area contributed by atoms with Crippen molar-refractivity contribution in [1.29, 1.82) is 0 Å². The van der Waals surface area contributed by atoms with Gasteiger partial charge in [0, 0.05) is 5.69 Å². The molecule has 1 aromatic carbocycles. The molecule has 15 heavy (non-hydrogen) atoms. The van der Waals surface area contributed by atoms with Crippen molar-refractivity contribution >= 4 is 10.8 Å². The molecule has 1 aromatic heterocycles. The van der Waals surface area contributed by atoms with E-state index in [0.29, 0.717) is 5.92 Å². The Hall–Kier alpha value is -1.57. The highest BCUT2D eigenvalue weighted by molar-refractivity contribution is 5.85. The van der Waals surface area contributed by atoms with Gasteiger partial charge in [0.2, 0.25) is 0 Å². The number of nitrogens with one attached hydrogen (secondary N) is 1. The second-order valence-corrected chi connectivity index (χ2v) is 4.25. The highest BCUT2D eigenvalue weighted by Crippen LogP contribution is 2.22. The molecule has 2 rings (SSSR count). The van der Waals surface area contributed by atoms with Crippen molar-refractivity contribution in [2.45, 2.75) is 26.7 Å². The molecule has 0 radical (unpaired) electrons. The van der Waals surface area contributed by atoms with E-state index in [1.807, 2.05) is 31.2 Å². The number of aromatic nitrogens is 1. The molecule has 0 aliphatic carbocycles. The summed E-state index contributed by atoms with van der Waals surface area (Å²) in [5.74, 6) is 0.373. The maximum atomic E-state index is 11.9. The summed E-state index contributed by atoms with van der Waals surface area (Å²) in [6, 6.07) is 8.04. The number of rotatable bonds is 1. The minimum Gasteiger partial charge on any atom is -0.326 e. The first-order valence-electron chi connectivity index (χ1n) is 5.22. The Bertz CT molecular complexity index is 552. The van der Waals surface area contributed by atoms with E-state index < -0.39 is 0 Å². The molecule has 0 atom stereocenters. The molecular weight excluding hydrogens is 186 g/mol. The Labute approximate surface area is 89.0 Å². The lowest BCUT2D eigenvalue weighted by atomic mass is 9.97. The van der Waals surface area contributed by atoms with Gasteiger partial charge in [-0.1, -0.05) is 32.0 Å². The number of aromatic amines is 1. The average Bonchev–Trinajstić information content (AvgIpc) is 2.16. The van der Waals surface area contributed by atoms with Crippen LogP contribution in [-0.2, 0) is 0 Å². The quantitative estimate of drug-likeness (QED) is 0.756. The monoisotopic (exact) mass is 201 g/mol. The fourth-order valence-corrected chi connectivity index (χ4v) is 1.96. The van der Waals surface area contributed by atoms with Gasteiger partial charge in [-0.15, -0.1) is 0 Å². The van der Waals surface area contributed by atoms with Gasteiger partial charge in [-0.3, -0.25) is 4.79 Å². The standard InChI is InChI=1S/C13H15NO/c1-8(2)11-6-4-5-10-7-9(3)14-13(15)12(10)11/h4-8H,1-3H3,(H,14,15). The first-order valence-corrected chi connectivity index (χ1v) is 5.22. The molecule has 0 saturated carbocycles. The van der Waals surface area contributed by atoms with Gasteiger partial charge in [0.15, 0.2) is 0 Å². The van der Waals surface area contributed by atoms with Crippen molar-refractivity contribution < 1.29 is 0 Å². The lowest BCUT2D eigenvalue weighted by Gasteiger charge is -2.09. The summed E-state index contributed by atoms with van der Waals surface area (Å²) < 4.78 is 0. The lowest BCUT2D eigenvalue weighted by Crippen LogP contribution is -2.10. The van der Waals surface area contributed by atoms with Crippen LogP contribution in [0.5, 0.6) is 0 Å². The van der Waals surface area contributed by atoms with Crippen molar-refractivity contribution in [3.8, 4) is 0 Å². The Morgan fingerprint density at radius 1 is 1.27 bits per heavy atom. The van der Waals surface area contributed by atoms with Crippen LogP contribution in [0.4, 0.5) is 0 Å². The van der Waals surface area contributed by atoms with Gasteiger partial charge < -0.3 is 4.98 Å². The van der Waals surface area contributed by atoms with Crippen LogP contribution in [0.1, 0.15) is 31.0 Å². The molecule has 2 aromatic rings. The summed E-state index contributed by atoms with van der Waals surface area (Å²) in [5, 5.41) is 1.86. The second kappa shape index (κ2) is 3.54. The first-order chi connectivity index (χ1) is 7.09. The molecule has 2 heteroatoms. The summed E-state index contributed by atoms with van der Waals surface area (Å²) in [6.07, 6.45) is 0. The number of H-pyrrole nitrogens is 1. The van der Waals surface area contributed by atoms with Gasteiger partial charge in [0.25, 0.3) is 5.56 Å². The predicted octanol–water partition coefficient (Wildman–Crippen LogP) is 2.96. The molecular formula is C13H15NO. The van der Waals surface area contributed by atoms with Crippen molar-refractivity contribution in [1.82, 2.24) is 4.98 Å². The third-order valence-corrected chi connectivity index (χ3v) is 2.66. The number of aryl methyl sites for hydroxylation is 1. The van der Waals surface area contributed by atoms with Crippen molar-refractivity contribution in [2.24, 2.45) is 0 Å². The highest BCUT2D eigenvalue weighted by atomic mass is 16.1. The number of benzene rings is 1. The zero-order valence-corrected chi connectivity index (χ0v) is 9.29. The number of fused-ring (bicyclic) bond motifs is 1. The van der Waals surface area contributed by atoms with Gasteiger partial charge in [-0.05, 0) is 29.9 Å². The van der Waals surface area contributed by atoms with E-state index in [4.69, 9.17) is 0 Å². The maximum absolute atomic E-state index is 11.9. The smallest absolute Gasteiger partial charge is 0.256 e. The van der Waals surface area contributed by atoms with Gasteiger partial charge in [-0.25, -0.2) is 0 Å². The SMILES string of the molecule is Cc1cc2cccc(C(C)C)c2c(=O)[nH]1. The van der Waals surface area contributed by atoms with Crippen LogP contribution in [0, 0.1) is 6.92 Å². The Morgan fingerprint density at radius 2 is 2.00 bits per heavy atom. The number of hydrogen-bond acceptors (Lipinski definition) is 1. The van der Waals surface area contributed by atoms with Crippen LogP contribution in [0.3, 0.4) is 0 Å². The fourth-order valence-electron chi connectivity index (χ4n) is 1.96. The second-order valence-electron chi connectivity index (χ2n) is 4.25. The van der Waals surface area contributed by atoms with E-state index in [1.165, 1.54) is 0 Å². The number of pyridine rings is 1. The van der Waals surface area contributed by atoms with E-state index >= 15 is 0 Å². The van der Waals surface area contributed by atoms with Crippen molar-refractivity contribution in [3.63, 3.8) is 0 Å². The molecule has 0 bridgehead atoms. The molecule has 0 aliphatic rings. The van der Waals surface area contributed by atoms with Crippen LogP contribution < -0.4 is 5.56 Å².